The summed E-state index contributed by atoms with van der Waals surface area (Å²) in [6.45, 7) is 0. The predicted octanol–water partition coefficient (Wildman–Crippen LogP) is 2.91. The summed E-state index contributed by atoms with van der Waals surface area (Å²) in [5, 5.41) is 9.80. The molecular formula is C10H9BrO3. The summed E-state index contributed by atoms with van der Waals surface area (Å²) in [5.41, 5.74) is 0.945. The molecule has 1 N–H and O–H groups in total. The van der Waals surface area contributed by atoms with Crippen molar-refractivity contribution in [3.8, 4) is 0 Å². The molecule has 0 aliphatic heterocycles. The van der Waals surface area contributed by atoms with Gasteiger partial charge in [-0.1, -0.05) is 0 Å². The zero-order valence-electron chi connectivity index (χ0n) is 7.31. The van der Waals surface area contributed by atoms with E-state index in [1.807, 2.05) is 6.07 Å². The van der Waals surface area contributed by atoms with Crippen molar-refractivity contribution in [1.82, 2.24) is 0 Å². The third-order valence-corrected chi connectivity index (χ3v) is 2.61. The van der Waals surface area contributed by atoms with Crippen molar-refractivity contribution in [2.24, 2.45) is 0 Å². The van der Waals surface area contributed by atoms with Gasteiger partial charge in [-0.25, -0.2) is 0 Å². The lowest BCUT2D eigenvalue weighted by Crippen LogP contribution is -1.99. The van der Waals surface area contributed by atoms with Gasteiger partial charge in [0.15, 0.2) is 0 Å². The fourth-order valence-electron chi connectivity index (χ4n) is 1.27. The maximum atomic E-state index is 9.80. The molecule has 74 valence electrons. The molecule has 1 atom stereocenters. The Morgan fingerprint density at radius 3 is 2.79 bits per heavy atom. The van der Waals surface area contributed by atoms with E-state index < -0.39 is 6.10 Å². The van der Waals surface area contributed by atoms with Gasteiger partial charge >= 0.3 is 0 Å². The zero-order chi connectivity index (χ0) is 9.97. The largest absolute Gasteiger partial charge is 0.472 e. The van der Waals surface area contributed by atoms with Crippen LogP contribution in [0.5, 0.6) is 0 Å². The molecule has 3 nitrogen and oxygen atoms in total. The van der Waals surface area contributed by atoms with Gasteiger partial charge in [-0.05, 0) is 33.6 Å². The van der Waals surface area contributed by atoms with Gasteiger partial charge in [0.1, 0.15) is 11.9 Å². The Labute approximate surface area is 89.5 Å². The van der Waals surface area contributed by atoms with Gasteiger partial charge in [0.25, 0.3) is 0 Å². The molecular weight excluding hydrogens is 248 g/mol. The lowest BCUT2D eigenvalue weighted by molar-refractivity contribution is 0.149. The molecule has 2 aromatic heterocycles. The summed E-state index contributed by atoms with van der Waals surface area (Å²) in [6.07, 6.45) is 4.58. The molecule has 0 aliphatic rings. The van der Waals surface area contributed by atoms with Gasteiger partial charge in [-0.3, -0.25) is 0 Å². The van der Waals surface area contributed by atoms with Crippen LogP contribution in [0.3, 0.4) is 0 Å². The molecule has 0 aliphatic carbocycles. The number of aliphatic hydroxyl groups is 1. The van der Waals surface area contributed by atoms with Gasteiger partial charge in [-0.15, -0.1) is 0 Å². The number of hydrogen-bond acceptors (Lipinski definition) is 3. The fourth-order valence-corrected chi connectivity index (χ4v) is 1.73. The minimum absolute atomic E-state index is 0.489. The molecule has 2 heterocycles. The summed E-state index contributed by atoms with van der Waals surface area (Å²) in [5.74, 6) is 0.547. The molecule has 0 saturated heterocycles. The Bertz CT molecular complexity index is 391. The summed E-state index contributed by atoms with van der Waals surface area (Å²) in [4.78, 5) is 0. The molecule has 0 radical (unpaired) electrons. The van der Waals surface area contributed by atoms with E-state index in [2.05, 4.69) is 15.9 Å². The van der Waals surface area contributed by atoms with Crippen LogP contribution in [0.1, 0.15) is 17.4 Å². The van der Waals surface area contributed by atoms with Crippen molar-refractivity contribution >= 4 is 15.9 Å². The first-order chi connectivity index (χ1) is 6.77. The van der Waals surface area contributed by atoms with E-state index in [-0.39, 0.29) is 0 Å². The predicted molar refractivity (Wildman–Crippen MR) is 53.8 cm³/mol. The van der Waals surface area contributed by atoms with Gasteiger partial charge in [0.2, 0.25) is 0 Å². The van der Waals surface area contributed by atoms with Gasteiger partial charge in [0.05, 0.1) is 23.3 Å². The minimum atomic E-state index is -0.642. The Kier molecular flexibility index (Phi) is 2.74. The van der Waals surface area contributed by atoms with Crippen LogP contribution in [0.4, 0.5) is 0 Å². The average molecular weight is 257 g/mol. The topological polar surface area (TPSA) is 46.5 Å². The van der Waals surface area contributed by atoms with Crippen LogP contribution < -0.4 is 0 Å². The zero-order valence-corrected chi connectivity index (χ0v) is 8.90. The highest BCUT2D eigenvalue weighted by atomic mass is 79.9. The standard InChI is InChI=1S/C10H9BrO3/c11-8-2-4-14-10(8)9(12)5-7-1-3-13-6-7/h1-4,6,9,12H,5H2. The molecule has 0 saturated carbocycles. The van der Waals surface area contributed by atoms with E-state index >= 15 is 0 Å². The van der Waals surface area contributed by atoms with Crippen molar-refractivity contribution in [2.75, 3.05) is 0 Å². The number of hydrogen-bond donors (Lipinski definition) is 1. The quantitative estimate of drug-likeness (QED) is 0.919. The minimum Gasteiger partial charge on any atom is -0.472 e. The first-order valence-electron chi connectivity index (χ1n) is 4.19. The average Bonchev–Trinajstić information content (AvgIpc) is 2.75. The molecule has 0 fully saturated rings. The molecule has 0 amide bonds. The SMILES string of the molecule is OC(Cc1ccoc1)c1occc1Br. The van der Waals surface area contributed by atoms with Gasteiger partial charge in [-0.2, -0.15) is 0 Å². The maximum Gasteiger partial charge on any atom is 0.146 e. The second-order valence-corrected chi connectivity index (χ2v) is 3.84. The van der Waals surface area contributed by atoms with E-state index in [1.165, 1.54) is 6.26 Å². The Hall–Kier alpha value is -1.00. The van der Waals surface area contributed by atoms with Gasteiger partial charge in [0, 0.05) is 6.42 Å². The number of furan rings is 2. The van der Waals surface area contributed by atoms with Gasteiger partial charge < -0.3 is 13.9 Å². The van der Waals surface area contributed by atoms with Crippen LogP contribution in [0.2, 0.25) is 0 Å². The summed E-state index contributed by atoms with van der Waals surface area (Å²) >= 11 is 3.29. The highest BCUT2D eigenvalue weighted by Crippen LogP contribution is 2.26. The molecule has 0 aromatic carbocycles. The van der Waals surface area contributed by atoms with Crippen molar-refractivity contribution in [3.63, 3.8) is 0 Å². The highest BCUT2D eigenvalue weighted by Gasteiger charge is 2.15. The van der Waals surface area contributed by atoms with Crippen LogP contribution in [0, 0.1) is 0 Å². The van der Waals surface area contributed by atoms with Crippen molar-refractivity contribution < 1.29 is 13.9 Å². The normalized spacial score (nSPS) is 13.0. The number of aliphatic hydroxyl groups excluding tert-OH is 1. The van der Waals surface area contributed by atoms with E-state index in [9.17, 15) is 5.11 Å². The van der Waals surface area contributed by atoms with Crippen molar-refractivity contribution in [3.05, 3.63) is 46.7 Å². The fraction of sp³-hybridized carbons (Fsp3) is 0.200. The van der Waals surface area contributed by atoms with Crippen LogP contribution in [-0.4, -0.2) is 5.11 Å². The van der Waals surface area contributed by atoms with Crippen molar-refractivity contribution in [1.29, 1.82) is 0 Å². The van der Waals surface area contributed by atoms with E-state index in [0.717, 1.165) is 10.0 Å². The monoisotopic (exact) mass is 256 g/mol. The molecule has 4 heteroatoms. The maximum absolute atomic E-state index is 9.80. The summed E-state index contributed by atoms with van der Waals surface area (Å²) in [6, 6.07) is 3.58. The van der Waals surface area contributed by atoms with E-state index in [1.54, 1.807) is 18.6 Å². The highest BCUT2D eigenvalue weighted by molar-refractivity contribution is 9.10. The number of rotatable bonds is 3. The third kappa shape index (κ3) is 1.91. The Morgan fingerprint density at radius 1 is 1.36 bits per heavy atom. The van der Waals surface area contributed by atoms with Crippen LogP contribution in [-0.2, 0) is 6.42 Å². The Morgan fingerprint density at radius 2 is 2.21 bits per heavy atom. The molecule has 14 heavy (non-hydrogen) atoms. The molecule has 2 rings (SSSR count). The first-order valence-corrected chi connectivity index (χ1v) is 4.98. The smallest absolute Gasteiger partial charge is 0.146 e. The van der Waals surface area contributed by atoms with E-state index in [0.29, 0.717) is 12.2 Å². The summed E-state index contributed by atoms with van der Waals surface area (Å²) in [7, 11) is 0. The molecule has 1 unspecified atom stereocenters. The first kappa shape index (κ1) is 9.55. The van der Waals surface area contributed by atoms with Crippen LogP contribution in [0.25, 0.3) is 0 Å². The van der Waals surface area contributed by atoms with E-state index in [4.69, 9.17) is 8.83 Å². The lowest BCUT2D eigenvalue weighted by Gasteiger charge is -2.05. The lowest BCUT2D eigenvalue weighted by atomic mass is 10.1. The third-order valence-electron chi connectivity index (χ3n) is 1.96. The van der Waals surface area contributed by atoms with Crippen molar-refractivity contribution in [2.45, 2.75) is 12.5 Å². The Balaban J connectivity index is 2.10. The second-order valence-electron chi connectivity index (χ2n) is 2.98. The van der Waals surface area contributed by atoms with Crippen LogP contribution >= 0.6 is 15.9 Å². The second kappa shape index (κ2) is 4.02. The van der Waals surface area contributed by atoms with Crippen LogP contribution in [0.15, 0.2) is 44.2 Å². The summed E-state index contributed by atoms with van der Waals surface area (Å²) < 4.78 is 10.8. The molecule has 2 aromatic rings. The molecule has 0 spiro atoms. The number of halogens is 1. The molecule has 0 bridgehead atoms.